The number of aryl methyl sites for hydroxylation is 1. The van der Waals surface area contributed by atoms with Gasteiger partial charge in [0.15, 0.2) is 0 Å². The van der Waals surface area contributed by atoms with Crippen LogP contribution in [0.15, 0.2) is 88.9 Å². The van der Waals surface area contributed by atoms with Gasteiger partial charge in [0.05, 0.1) is 0 Å². The van der Waals surface area contributed by atoms with E-state index in [2.05, 4.69) is 30.6 Å². The molecule has 0 aromatic heterocycles. The maximum absolute atomic E-state index is 13.8. The van der Waals surface area contributed by atoms with Crippen molar-refractivity contribution in [2.24, 2.45) is 10.9 Å². The molecule has 1 heterocycles. The second kappa shape index (κ2) is 9.04. The summed E-state index contributed by atoms with van der Waals surface area (Å²) in [6, 6.07) is 5.26. The molecule has 0 saturated heterocycles. The van der Waals surface area contributed by atoms with Gasteiger partial charge < -0.3 is 4.90 Å². The molecule has 2 aliphatic rings. The van der Waals surface area contributed by atoms with E-state index in [1.165, 1.54) is 12.3 Å². The van der Waals surface area contributed by atoms with Crippen LogP contribution < -0.4 is 0 Å². The van der Waals surface area contributed by atoms with Crippen molar-refractivity contribution >= 4 is 17.7 Å². The van der Waals surface area contributed by atoms with E-state index >= 15 is 0 Å². The Morgan fingerprint density at radius 2 is 2.03 bits per heavy atom. The average molecular weight is 403 g/mol. The zero-order valence-corrected chi connectivity index (χ0v) is 17.9. The van der Waals surface area contributed by atoms with Crippen LogP contribution in [0, 0.1) is 18.7 Å². The third-order valence-corrected chi connectivity index (χ3v) is 5.29. The first-order chi connectivity index (χ1) is 14.3. The van der Waals surface area contributed by atoms with Gasteiger partial charge in [0.1, 0.15) is 11.5 Å². The minimum atomic E-state index is -0.316. The Bertz CT molecular complexity index is 1070. The molecule has 1 amide bonds. The molecule has 0 fully saturated rings. The summed E-state index contributed by atoms with van der Waals surface area (Å²) in [5, 5.41) is 0. The third-order valence-electron chi connectivity index (χ3n) is 5.29. The summed E-state index contributed by atoms with van der Waals surface area (Å²) in [7, 11) is 0. The number of allylic oxidation sites excluding steroid dienone is 8. The lowest BCUT2D eigenvalue weighted by molar-refractivity contribution is -0.115. The lowest BCUT2D eigenvalue weighted by Gasteiger charge is -2.28. The van der Waals surface area contributed by atoms with Crippen LogP contribution in [0.4, 0.5) is 4.39 Å². The van der Waals surface area contributed by atoms with Crippen molar-refractivity contribution < 1.29 is 9.18 Å². The topological polar surface area (TPSA) is 32.7 Å². The summed E-state index contributed by atoms with van der Waals surface area (Å²) < 4.78 is 13.8. The monoisotopic (exact) mass is 402 g/mol. The minimum absolute atomic E-state index is 0.202. The summed E-state index contributed by atoms with van der Waals surface area (Å²) in [4.78, 5) is 18.1. The molecule has 1 aliphatic heterocycles. The van der Waals surface area contributed by atoms with Crippen molar-refractivity contribution in [3.8, 4) is 0 Å². The first kappa shape index (κ1) is 21.4. The Balaban J connectivity index is 2.11. The van der Waals surface area contributed by atoms with Crippen LogP contribution in [0.5, 0.6) is 0 Å². The highest BCUT2D eigenvalue weighted by Crippen LogP contribution is 2.37. The smallest absolute Gasteiger partial charge is 0.293 e. The number of nitrogens with zero attached hydrogens (tertiary/aromatic N) is 2. The zero-order chi connectivity index (χ0) is 21.8. The van der Waals surface area contributed by atoms with E-state index < -0.39 is 0 Å². The predicted molar refractivity (Wildman–Crippen MR) is 122 cm³/mol. The van der Waals surface area contributed by atoms with Gasteiger partial charge in [0.25, 0.3) is 5.91 Å². The largest absolute Gasteiger partial charge is 0.313 e. The number of halogens is 1. The second-order valence-corrected chi connectivity index (χ2v) is 7.54. The number of aliphatic imine (C=N–C) groups is 1. The molecule has 0 saturated carbocycles. The summed E-state index contributed by atoms with van der Waals surface area (Å²) >= 11 is 0. The molecule has 0 bridgehead atoms. The number of benzene rings is 1. The van der Waals surface area contributed by atoms with Crippen molar-refractivity contribution in [3.05, 3.63) is 101 Å². The molecule has 154 valence electrons. The molecule has 0 N–H and O–H groups in total. The lowest BCUT2D eigenvalue weighted by Crippen LogP contribution is -2.23. The fourth-order valence-corrected chi connectivity index (χ4v) is 3.70. The molecule has 1 atom stereocenters. The van der Waals surface area contributed by atoms with Crippen molar-refractivity contribution in [2.45, 2.75) is 34.1 Å². The van der Waals surface area contributed by atoms with E-state index in [0.29, 0.717) is 22.9 Å². The van der Waals surface area contributed by atoms with E-state index in [9.17, 15) is 9.18 Å². The Morgan fingerprint density at radius 3 is 2.70 bits per heavy atom. The van der Waals surface area contributed by atoms with Gasteiger partial charge in [-0.25, -0.2) is 9.38 Å². The van der Waals surface area contributed by atoms with Crippen LogP contribution >= 0.6 is 0 Å². The van der Waals surface area contributed by atoms with Gasteiger partial charge in [-0.3, -0.25) is 4.79 Å². The van der Waals surface area contributed by atoms with Crippen LogP contribution in [-0.4, -0.2) is 17.0 Å². The van der Waals surface area contributed by atoms with Gasteiger partial charge in [-0.05, 0) is 79.2 Å². The highest BCUT2D eigenvalue weighted by atomic mass is 19.1. The van der Waals surface area contributed by atoms with Crippen molar-refractivity contribution in [2.75, 3.05) is 0 Å². The fraction of sp³-hybridized carbons (Fsp3) is 0.231. The molecular formula is C26H27FN2O. The van der Waals surface area contributed by atoms with Crippen LogP contribution in [-0.2, 0) is 4.79 Å². The van der Waals surface area contributed by atoms with Gasteiger partial charge in [-0.15, -0.1) is 0 Å². The van der Waals surface area contributed by atoms with Crippen molar-refractivity contribution in [3.63, 3.8) is 0 Å². The van der Waals surface area contributed by atoms with Gasteiger partial charge in [0.2, 0.25) is 0 Å². The van der Waals surface area contributed by atoms with E-state index in [4.69, 9.17) is 0 Å². The molecule has 4 heteroatoms. The van der Waals surface area contributed by atoms with Crippen LogP contribution in [0.1, 0.15) is 38.3 Å². The Morgan fingerprint density at radius 1 is 1.27 bits per heavy atom. The fourth-order valence-electron chi connectivity index (χ4n) is 3.70. The predicted octanol–water partition coefficient (Wildman–Crippen LogP) is 6.27. The summed E-state index contributed by atoms with van der Waals surface area (Å²) in [6.07, 6.45) is 14.2. The number of carbonyl (C=O) groups excluding carboxylic acids is 1. The highest BCUT2D eigenvalue weighted by molar-refractivity contribution is 5.98. The van der Waals surface area contributed by atoms with E-state index in [1.54, 1.807) is 24.8 Å². The van der Waals surface area contributed by atoms with Crippen molar-refractivity contribution in [1.29, 1.82) is 0 Å². The number of carbonyl (C=O) groups is 1. The first-order valence-corrected chi connectivity index (χ1v) is 10.1. The molecule has 3 rings (SSSR count). The maximum Gasteiger partial charge on any atom is 0.293 e. The lowest BCUT2D eigenvalue weighted by atomic mass is 9.83. The van der Waals surface area contributed by atoms with E-state index in [-0.39, 0.29) is 11.7 Å². The Kier molecular flexibility index (Phi) is 6.46. The second-order valence-electron chi connectivity index (χ2n) is 7.54. The van der Waals surface area contributed by atoms with Gasteiger partial charge in [-0.1, -0.05) is 43.9 Å². The molecule has 1 aromatic rings. The first-order valence-electron chi connectivity index (χ1n) is 10.1. The normalized spacial score (nSPS) is 19.7. The van der Waals surface area contributed by atoms with Gasteiger partial charge in [-0.2, -0.15) is 0 Å². The van der Waals surface area contributed by atoms with E-state index in [1.807, 2.05) is 37.4 Å². The zero-order valence-electron chi connectivity index (χ0n) is 17.9. The highest BCUT2D eigenvalue weighted by Gasteiger charge is 2.23. The van der Waals surface area contributed by atoms with Crippen LogP contribution in [0.25, 0.3) is 5.57 Å². The van der Waals surface area contributed by atoms with Crippen LogP contribution in [0.3, 0.4) is 0 Å². The number of rotatable bonds is 4. The number of hydrogen-bond acceptors (Lipinski definition) is 2. The molecule has 1 aromatic carbocycles. The van der Waals surface area contributed by atoms with Crippen LogP contribution in [0.2, 0.25) is 0 Å². The Labute approximate surface area is 178 Å². The molecular weight excluding hydrogens is 375 g/mol. The maximum atomic E-state index is 13.8. The molecule has 1 unspecified atom stereocenters. The minimum Gasteiger partial charge on any atom is -0.313 e. The summed E-state index contributed by atoms with van der Waals surface area (Å²) in [6.45, 7) is 11.5. The SMILES string of the molecule is C=C1C=CC(C2=C(c3ccc(F)c(C)c3)CC(C)C=C2)=CN1/C(=C\C)C(=O)N=CC. The average Bonchev–Trinajstić information content (AvgIpc) is 2.72. The Hall–Kier alpha value is -3.27. The molecule has 0 spiro atoms. The summed E-state index contributed by atoms with van der Waals surface area (Å²) in [5.74, 6) is -0.129. The molecule has 30 heavy (non-hydrogen) atoms. The molecule has 0 radical (unpaired) electrons. The quantitative estimate of drug-likeness (QED) is 0.439. The summed E-state index contributed by atoms with van der Waals surface area (Å²) in [5.41, 5.74) is 5.99. The number of amides is 1. The standard InChI is InChI=1S/C26H27FN2O/c1-6-25(26(30)28-7-2)29-16-21(10-9-19(29)5)22-12-8-17(3)14-23(22)20-11-13-24(27)18(4)15-20/h6-13,15-17H,5,14H2,1-4H3/b25-6-,28-7?. The molecule has 3 nitrogen and oxygen atoms in total. The van der Waals surface area contributed by atoms with Gasteiger partial charge >= 0.3 is 0 Å². The van der Waals surface area contributed by atoms with Crippen molar-refractivity contribution in [1.82, 2.24) is 4.90 Å². The third kappa shape index (κ3) is 4.33. The van der Waals surface area contributed by atoms with E-state index in [0.717, 1.165) is 28.7 Å². The number of hydrogen-bond donors (Lipinski definition) is 0. The molecule has 1 aliphatic carbocycles. The van der Waals surface area contributed by atoms with Gasteiger partial charge in [0, 0.05) is 18.1 Å².